The smallest absolute Gasteiger partial charge is 0.251 e. The van der Waals surface area contributed by atoms with E-state index in [0.717, 1.165) is 25.7 Å². The number of carbonyl (C=O) groups is 2. The van der Waals surface area contributed by atoms with Gasteiger partial charge in [0.2, 0.25) is 5.91 Å². The minimum absolute atomic E-state index is 0.00910. The van der Waals surface area contributed by atoms with E-state index in [0.29, 0.717) is 23.6 Å². The Labute approximate surface area is 159 Å². The number of likely N-dealkylation sites (tertiary alicyclic amines) is 1. The summed E-state index contributed by atoms with van der Waals surface area (Å²) < 4.78 is 0. The van der Waals surface area contributed by atoms with Gasteiger partial charge in [0.05, 0.1) is 12.1 Å². The van der Waals surface area contributed by atoms with E-state index in [4.69, 9.17) is 11.6 Å². The maximum Gasteiger partial charge on any atom is 0.251 e. The van der Waals surface area contributed by atoms with Gasteiger partial charge < -0.3 is 15.3 Å². The van der Waals surface area contributed by atoms with Crippen molar-refractivity contribution in [3.8, 4) is 0 Å². The van der Waals surface area contributed by atoms with Crippen LogP contribution < -0.4 is 5.32 Å². The first-order valence-corrected chi connectivity index (χ1v) is 9.71. The molecule has 5 nitrogen and oxygen atoms in total. The predicted molar refractivity (Wildman–Crippen MR) is 101 cm³/mol. The molecule has 2 fully saturated rings. The lowest BCUT2D eigenvalue weighted by Crippen LogP contribution is -2.48. The molecule has 0 aromatic heterocycles. The van der Waals surface area contributed by atoms with Crippen molar-refractivity contribution in [2.24, 2.45) is 5.41 Å². The molecule has 1 saturated heterocycles. The molecule has 0 spiro atoms. The van der Waals surface area contributed by atoms with Crippen molar-refractivity contribution in [3.63, 3.8) is 0 Å². The fourth-order valence-corrected chi connectivity index (χ4v) is 4.93. The standard InChI is InChI=1S/C20H27ClN2O3/c1-13(24)23-16(11-20(2)17(23)8-3-4-9-18(20)25)12-22-19(26)14-6-5-7-15(21)10-14/h5-7,10,16-18,25H,3-4,8-9,11-12H2,1-2H3,(H,22,26)/t16-,17-,18+,20-/m1/s1. The molecule has 1 aliphatic carbocycles. The van der Waals surface area contributed by atoms with Crippen LogP contribution in [0.3, 0.4) is 0 Å². The second-order valence-electron chi connectivity index (χ2n) is 7.83. The highest BCUT2D eigenvalue weighted by Gasteiger charge is 2.54. The van der Waals surface area contributed by atoms with Crippen molar-refractivity contribution in [1.82, 2.24) is 10.2 Å². The third kappa shape index (κ3) is 3.60. The first kappa shape index (κ1) is 19.2. The molecule has 4 atom stereocenters. The molecule has 2 amide bonds. The quantitative estimate of drug-likeness (QED) is 0.849. The fourth-order valence-electron chi connectivity index (χ4n) is 4.74. The number of aliphatic hydroxyl groups excluding tert-OH is 1. The number of nitrogens with zero attached hydrogens (tertiary/aromatic N) is 1. The van der Waals surface area contributed by atoms with E-state index in [1.807, 2.05) is 4.90 Å². The second kappa shape index (κ2) is 7.57. The van der Waals surface area contributed by atoms with Crippen LogP contribution in [0.2, 0.25) is 5.02 Å². The number of hydrogen-bond donors (Lipinski definition) is 2. The summed E-state index contributed by atoms with van der Waals surface area (Å²) in [6.45, 7) is 4.04. The Morgan fingerprint density at radius 3 is 2.77 bits per heavy atom. The zero-order valence-electron chi connectivity index (χ0n) is 15.4. The molecule has 3 rings (SSSR count). The molecule has 0 unspecified atom stereocenters. The lowest BCUT2D eigenvalue weighted by molar-refractivity contribution is -0.133. The minimum Gasteiger partial charge on any atom is -0.392 e. The molecule has 0 radical (unpaired) electrons. The summed E-state index contributed by atoms with van der Waals surface area (Å²) in [5.41, 5.74) is 0.193. The van der Waals surface area contributed by atoms with Crippen LogP contribution in [-0.2, 0) is 4.79 Å². The maximum absolute atomic E-state index is 12.4. The lowest BCUT2D eigenvalue weighted by atomic mass is 9.75. The van der Waals surface area contributed by atoms with E-state index in [-0.39, 0.29) is 29.3 Å². The summed E-state index contributed by atoms with van der Waals surface area (Å²) in [7, 11) is 0. The number of hydrogen-bond acceptors (Lipinski definition) is 3. The largest absolute Gasteiger partial charge is 0.392 e. The van der Waals surface area contributed by atoms with Gasteiger partial charge in [-0.3, -0.25) is 9.59 Å². The topological polar surface area (TPSA) is 69.6 Å². The molecular weight excluding hydrogens is 352 g/mol. The molecule has 26 heavy (non-hydrogen) atoms. The number of amides is 2. The van der Waals surface area contributed by atoms with Crippen molar-refractivity contribution in [2.45, 2.75) is 64.1 Å². The van der Waals surface area contributed by atoms with Crippen molar-refractivity contribution >= 4 is 23.4 Å². The van der Waals surface area contributed by atoms with E-state index in [1.165, 1.54) is 0 Å². The normalized spacial score (nSPS) is 31.2. The van der Waals surface area contributed by atoms with Gasteiger partial charge in [0.1, 0.15) is 0 Å². The highest BCUT2D eigenvalue weighted by atomic mass is 35.5. The number of carbonyl (C=O) groups excluding carboxylic acids is 2. The maximum atomic E-state index is 12.4. The van der Waals surface area contributed by atoms with Crippen molar-refractivity contribution in [1.29, 1.82) is 0 Å². The van der Waals surface area contributed by atoms with Crippen LogP contribution in [0.15, 0.2) is 24.3 Å². The van der Waals surface area contributed by atoms with E-state index >= 15 is 0 Å². The third-order valence-electron chi connectivity index (χ3n) is 6.08. The molecule has 1 aromatic carbocycles. The number of fused-ring (bicyclic) bond motifs is 1. The average molecular weight is 379 g/mol. The van der Waals surface area contributed by atoms with Gasteiger partial charge in [-0.25, -0.2) is 0 Å². The van der Waals surface area contributed by atoms with Crippen molar-refractivity contribution in [2.75, 3.05) is 6.54 Å². The molecule has 142 valence electrons. The van der Waals surface area contributed by atoms with Gasteiger partial charge in [0.25, 0.3) is 5.91 Å². The monoisotopic (exact) mass is 378 g/mol. The molecule has 6 heteroatoms. The molecule has 0 bridgehead atoms. The van der Waals surface area contributed by atoms with Crippen LogP contribution in [0.25, 0.3) is 0 Å². The van der Waals surface area contributed by atoms with Crippen LogP contribution in [0.1, 0.15) is 56.3 Å². The zero-order valence-corrected chi connectivity index (χ0v) is 16.1. The van der Waals surface area contributed by atoms with Crippen LogP contribution >= 0.6 is 11.6 Å². The Hall–Kier alpha value is -1.59. The lowest BCUT2D eigenvalue weighted by Gasteiger charge is -2.37. The Morgan fingerprint density at radius 1 is 1.35 bits per heavy atom. The fraction of sp³-hybridized carbons (Fsp3) is 0.600. The van der Waals surface area contributed by atoms with Crippen LogP contribution in [0.5, 0.6) is 0 Å². The Balaban J connectivity index is 1.74. The van der Waals surface area contributed by atoms with Crippen molar-refractivity contribution in [3.05, 3.63) is 34.9 Å². The van der Waals surface area contributed by atoms with Crippen LogP contribution in [-0.4, -0.2) is 46.6 Å². The Bertz CT molecular complexity index is 695. The minimum atomic E-state index is -0.412. The molecule has 1 saturated carbocycles. The van der Waals surface area contributed by atoms with Gasteiger partial charge >= 0.3 is 0 Å². The molecule has 2 N–H and O–H groups in total. The van der Waals surface area contributed by atoms with Gasteiger partial charge in [0.15, 0.2) is 0 Å². The third-order valence-corrected chi connectivity index (χ3v) is 6.32. The summed E-state index contributed by atoms with van der Waals surface area (Å²) in [4.78, 5) is 26.7. The Morgan fingerprint density at radius 2 is 2.08 bits per heavy atom. The average Bonchev–Trinajstić information content (AvgIpc) is 2.81. The molecule has 1 aliphatic heterocycles. The van der Waals surface area contributed by atoms with E-state index in [2.05, 4.69) is 12.2 Å². The number of nitrogens with one attached hydrogen (secondary N) is 1. The van der Waals surface area contributed by atoms with E-state index in [9.17, 15) is 14.7 Å². The zero-order chi connectivity index (χ0) is 18.9. The first-order valence-electron chi connectivity index (χ1n) is 9.33. The SMILES string of the molecule is CC(=O)N1[C@@H](CNC(=O)c2cccc(Cl)c2)C[C@@]2(C)[C@@H](O)CCCC[C@@H]12. The Kier molecular flexibility index (Phi) is 5.58. The van der Waals surface area contributed by atoms with E-state index < -0.39 is 6.10 Å². The molecule has 2 aliphatic rings. The number of benzene rings is 1. The summed E-state index contributed by atoms with van der Waals surface area (Å²) in [6.07, 6.45) is 3.99. The summed E-state index contributed by atoms with van der Waals surface area (Å²) in [5, 5.41) is 14.1. The predicted octanol–water partition coefficient (Wildman–Crippen LogP) is 3.00. The van der Waals surface area contributed by atoms with Gasteiger partial charge in [-0.1, -0.05) is 37.4 Å². The van der Waals surface area contributed by atoms with E-state index in [1.54, 1.807) is 31.2 Å². The first-order chi connectivity index (χ1) is 12.3. The highest BCUT2D eigenvalue weighted by molar-refractivity contribution is 6.30. The van der Waals surface area contributed by atoms with Gasteiger partial charge in [-0.05, 0) is 37.5 Å². The van der Waals surface area contributed by atoms with Crippen LogP contribution in [0.4, 0.5) is 0 Å². The highest BCUT2D eigenvalue weighted by Crippen LogP contribution is 2.48. The van der Waals surface area contributed by atoms with Crippen molar-refractivity contribution < 1.29 is 14.7 Å². The summed E-state index contributed by atoms with van der Waals surface area (Å²) in [5.74, 6) is -0.191. The second-order valence-corrected chi connectivity index (χ2v) is 8.26. The van der Waals surface area contributed by atoms with Gasteiger partial charge in [0, 0.05) is 35.5 Å². The molecule has 1 aromatic rings. The summed E-state index contributed by atoms with van der Waals surface area (Å²) in [6, 6.07) is 6.74. The molecule has 1 heterocycles. The number of aliphatic hydroxyl groups is 1. The molecular formula is C20H27ClN2O3. The van der Waals surface area contributed by atoms with Crippen LogP contribution in [0, 0.1) is 5.41 Å². The van der Waals surface area contributed by atoms with Gasteiger partial charge in [-0.2, -0.15) is 0 Å². The number of rotatable bonds is 3. The summed E-state index contributed by atoms with van der Waals surface area (Å²) >= 11 is 5.95. The number of halogens is 1. The van der Waals surface area contributed by atoms with Gasteiger partial charge in [-0.15, -0.1) is 0 Å².